The Bertz CT molecular complexity index is 376. The Labute approximate surface area is 110 Å². The maximum Gasteiger partial charge on any atom is 0.228 e. The molecule has 1 aromatic rings. The van der Waals surface area contributed by atoms with E-state index in [9.17, 15) is 5.11 Å². The van der Waals surface area contributed by atoms with E-state index in [-0.39, 0.29) is 22.6 Å². The van der Waals surface area contributed by atoms with Crippen molar-refractivity contribution in [3.63, 3.8) is 0 Å². The Hall–Kier alpha value is -0.650. The summed E-state index contributed by atoms with van der Waals surface area (Å²) in [6, 6.07) is 0. The molecule has 0 spiro atoms. The number of nitrogens with zero attached hydrogens (tertiary/aromatic N) is 3. The fraction of sp³-hybridized carbons (Fsp3) is 0.700. The van der Waals surface area contributed by atoms with Crippen molar-refractivity contribution >= 4 is 29.2 Å². The lowest BCUT2D eigenvalue weighted by molar-refractivity contribution is 0.142. The summed E-state index contributed by atoms with van der Waals surface area (Å²) in [4.78, 5) is 11.5. The fourth-order valence-electron chi connectivity index (χ4n) is 2.19. The predicted octanol–water partition coefficient (Wildman–Crippen LogP) is 2.14. The van der Waals surface area contributed by atoms with Gasteiger partial charge in [0.1, 0.15) is 0 Å². The van der Waals surface area contributed by atoms with Crippen LogP contribution in [0.2, 0.25) is 10.6 Å². The van der Waals surface area contributed by atoms with E-state index in [1.54, 1.807) is 0 Å². The lowest BCUT2D eigenvalue weighted by atomic mass is 9.87. The number of rotatable bonds is 4. The average Bonchev–Trinajstić information content (AvgIpc) is 2.74. The van der Waals surface area contributed by atoms with Crippen LogP contribution in [-0.2, 0) is 0 Å². The van der Waals surface area contributed by atoms with E-state index in [0.717, 1.165) is 25.7 Å². The van der Waals surface area contributed by atoms with Gasteiger partial charge in [-0.15, -0.1) is 0 Å². The molecule has 1 heterocycles. The standard InChI is InChI=1S/C10H14Cl2N4O/c11-7-14-8(12)16-9(15-7)13-5-10(6-17)3-1-2-4-10/h17H,1-6H2,(H,13,14,15,16). The van der Waals surface area contributed by atoms with Gasteiger partial charge in [0.15, 0.2) is 0 Å². The molecule has 0 bridgehead atoms. The van der Waals surface area contributed by atoms with E-state index in [1.165, 1.54) is 0 Å². The van der Waals surface area contributed by atoms with Crippen LogP contribution < -0.4 is 5.32 Å². The lowest BCUT2D eigenvalue weighted by Gasteiger charge is -2.26. The Morgan fingerprint density at radius 2 is 1.71 bits per heavy atom. The Morgan fingerprint density at radius 1 is 1.12 bits per heavy atom. The SMILES string of the molecule is OCC1(CNc2nc(Cl)nc(Cl)n2)CCCC1. The molecule has 2 rings (SSSR count). The monoisotopic (exact) mass is 276 g/mol. The van der Waals surface area contributed by atoms with Crippen LogP contribution in [0, 0.1) is 5.41 Å². The summed E-state index contributed by atoms with van der Waals surface area (Å²) in [6.45, 7) is 0.798. The van der Waals surface area contributed by atoms with Gasteiger partial charge in [-0.2, -0.15) is 15.0 Å². The van der Waals surface area contributed by atoms with E-state index < -0.39 is 0 Å². The molecule has 5 nitrogen and oxygen atoms in total. The molecule has 2 N–H and O–H groups in total. The molecule has 1 aliphatic carbocycles. The van der Waals surface area contributed by atoms with Crippen molar-refractivity contribution in [1.29, 1.82) is 0 Å². The van der Waals surface area contributed by atoms with Crippen molar-refractivity contribution in [2.24, 2.45) is 5.41 Å². The second-order valence-corrected chi connectivity index (χ2v) is 5.09. The van der Waals surface area contributed by atoms with Gasteiger partial charge in [0.05, 0.1) is 6.61 Å². The Morgan fingerprint density at radius 3 is 2.24 bits per heavy atom. The number of aliphatic hydroxyl groups is 1. The van der Waals surface area contributed by atoms with Crippen LogP contribution in [0.3, 0.4) is 0 Å². The molecule has 17 heavy (non-hydrogen) atoms. The topological polar surface area (TPSA) is 70.9 Å². The van der Waals surface area contributed by atoms with Gasteiger partial charge in [0, 0.05) is 12.0 Å². The molecule has 0 atom stereocenters. The minimum absolute atomic E-state index is 0.0639. The second kappa shape index (κ2) is 5.33. The third-order valence-electron chi connectivity index (χ3n) is 3.20. The summed E-state index contributed by atoms with van der Waals surface area (Å²) < 4.78 is 0. The summed E-state index contributed by atoms with van der Waals surface area (Å²) in [5.74, 6) is 0.356. The number of anilines is 1. The molecule has 7 heteroatoms. The molecular formula is C10H14Cl2N4O. The van der Waals surface area contributed by atoms with Gasteiger partial charge in [-0.3, -0.25) is 0 Å². The van der Waals surface area contributed by atoms with Gasteiger partial charge in [-0.05, 0) is 36.0 Å². The van der Waals surface area contributed by atoms with E-state index in [1.807, 2.05) is 0 Å². The second-order valence-electron chi connectivity index (χ2n) is 4.42. The first-order chi connectivity index (χ1) is 8.13. The molecule has 0 aromatic carbocycles. The maximum absolute atomic E-state index is 9.46. The summed E-state index contributed by atoms with van der Waals surface area (Å²) >= 11 is 11.4. The summed E-state index contributed by atoms with van der Waals surface area (Å²) in [5, 5.41) is 12.7. The minimum atomic E-state index is -0.0639. The molecule has 0 aliphatic heterocycles. The van der Waals surface area contributed by atoms with Crippen LogP contribution in [0.4, 0.5) is 5.95 Å². The van der Waals surface area contributed by atoms with Crippen LogP contribution in [0.25, 0.3) is 0 Å². The van der Waals surface area contributed by atoms with E-state index >= 15 is 0 Å². The van der Waals surface area contributed by atoms with E-state index in [0.29, 0.717) is 12.5 Å². The fourth-order valence-corrected chi connectivity index (χ4v) is 2.55. The van der Waals surface area contributed by atoms with Gasteiger partial charge in [0.25, 0.3) is 0 Å². The van der Waals surface area contributed by atoms with Crippen molar-refractivity contribution < 1.29 is 5.11 Å². The van der Waals surface area contributed by atoms with Crippen LogP contribution in [0.15, 0.2) is 0 Å². The highest BCUT2D eigenvalue weighted by Crippen LogP contribution is 2.37. The first-order valence-corrected chi connectivity index (χ1v) is 6.31. The van der Waals surface area contributed by atoms with Gasteiger partial charge in [-0.25, -0.2) is 0 Å². The molecule has 1 saturated carbocycles. The van der Waals surface area contributed by atoms with Crippen molar-refractivity contribution in [3.8, 4) is 0 Å². The molecule has 0 unspecified atom stereocenters. The van der Waals surface area contributed by atoms with Crippen LogP contribution in [-0.4, -0.2) is 33.2 Å². The zero-order valence-corrected chi connectivity index (χ0v) is 10.8. The average molecular weight is 277 g/mol. The number of aliphatic hydroxyl groups excluding tert-OH is 1. The van der Waals surface area contributed by atoms with Crippen molar-refractivity contribution in [3.05, 3.63) is 10.6 Å². The predicted molar refractivity (Wildman–Crippen MR) is 66.3 cm³/mol. The van der Waals surface area contributed by atoms with Crippen LogP contribution >= 0.6 is 23.2 Å². The zero-order chi connectivity index (χ0) is 12.3. The Balaban J connectivity index is 2.01. The molecule has 1 fully saturated rings. The molecule has 1 aliphatic rings. The van der Waals surface area contributed by atoms with Gasteiger partial charge < -0.3 is 10.4 Å². The van der Waals surface area contributed by atoms with Crippen molar-refractivity contribution in [1.82, 2.24) is 15.0 Å². The summed E-state index contributed by atoms with van der Waals surface area (Å²) in [5.41, 5.74) is -0.0639. The minimum Gasteiger partial charge on any atom is -0.396 e. The molecule has 94 valence electrons. The highest BCUT2D eigenvalue weighted by Gasteiger charge is 2.33. The van der Waals surface area contributed by atoms with Crippen LogP contribution in [0.1, 0.15) is 25.7 Å². The highest BCUT2D eigenvalue weighted by atomic mass is 35.5. The third kappa shape index (κ3) is 3.18. The first-order valence-electron chi connectivity index (χ1n) is 5.55. The molecular weight excluding hydrogens is 263 g/mol. The third-order valence-corrected chi connectivity index (χ3v) is 3.54. The highest BCUT2D eigenvalue weighted by molar-refractivity contribution is 6.31. The summed E-state index contributed by atoms with van der Waals surface area (Å²) in [6.07, 6.45) is 4.34. The smallest absolute Gasteiger partial charge is 0.228 e. The number of hydrogen-bond acceptors (Lipinski definition) is 5. The van der Waals surface area contributed by atoms with E-state index in [2.05, 4.69) is 20.3 Å². The zero-order valence-electron chi connectivity index (χ0n) is 9.29. The molecule has 0 amide bonds. The van der Waals surface area contributed by atoms with Crippen molar-refractivity contribution in [2.45, 2.75) is 25.7 Å². The number of nitrogens with one attached hydrogen (secondary N) is 1. The summed E-state index contributed by atoms with van der Waals surface area (Å²) in [7, 11) is 0. The molecule has 0 radical (unpaired) electrons. The normalized spacial score (nSPS) is 18.3. The number of halogens is 2. The lowest BCUT2D eigenvalue weighted by Crippen LogP contribution is -2.31. The van der Waals surface area contributed by atoms with E-state index in [4.69, 9.17) is 23.2 Å². The van der Waals surface area contributed by atoms with Gasteiger partial charge in [-0.1, -0.05) is 12.8 Å². The Kier molecular flexibility index (Phi) is 4.01. The largest absolute Gasteiger partial charge is 0.396 e. The van der Waals surface area contributed by atoms with Crippen molar-refractivity contribution in [2.75, 3.05) is 18.5 Å². The quantitative estimate of drug-likeness (QED) is 0.882. The van der Waals surface area contributed by atoms with Crippen LogP contribution in [0.5, 0.6) is 0 Å². The van der Waals surface area contributed by atoms with Gasteiger partial charge >= 0.3 is 0 Å². The maximum atomic E-state index is 9.46. The molecule has 0 saturated heterocycles. The number of hydrogen-bond donors (Lipinski definition) is 2. The van der Waals surface area contributed by atoms with Gasteiger partial charge in [0.2, 0.25) is 16.5 Å². The molecule has 1 aromatic heterocycles. The number of aromatic nitrogens is 3. The first kappa shape index (κ1) is 12.8.